The van der Waals surface area contributed by atoms with Gasteiger partial charge in [0.25, 0.3) is 0 Å². The van der Waals surface area contributed by atoms with Crippen LogP contribution in [0.1, 0.15) is 35.8 Å². The van der Waals surface area contributed by atoms with Crippen molar-refractivity contribution in [2.24, 2.45) is 5.92 Å². The first-order chi connectivity index (χ1) is 11.5. The van der Waals surface area contributed by atoms with Gasteiger partial charge in [0.15, 0.2) is 0 Å². The predicted octanol–water partition coefficient (Wildman–Crippen LogP) is 4.04. The number of likely N-dealkylation sites (tertiary alicyclic amines) is 1. The van der Waals surface area contributed by atoms with Gasteiger partial charge in [0.05, 0.1) is 17.7 Å². The number of pyridine rings is 1. The largest absolute Gasteiger partial charge is 0.481 e. The Hall–Kier alpha value is -1.72. The molecule has 5 heteroatoms. The maximum Gasteiger partial charge on any atom is 0.306 e. The molecule has 126 valence electrons. The zero-order valence-corrected chi connectivity index (χ0v) is 15.2. The summed E-state index contributed by atoms with van der Waals surface area (Å²) in [4.78, 5) is 18.3. The molecule has 1 fully saturated rings. The highest BCUT2D eigenvalue weighted by atomic mass is 79.9. The number of aryl methyl sites for hydroxylation is 1. The number of hydrogen-bond acceptors (Lipinski definition) is 3. The van der Waals surface area contributed by atoms with Gasteiger partial charge in [-0.05, 0) is 62.7 Å². The third-order valence-electron chi connectivity index (χ3n) is 4.62. The molecule has 0 spiro atoms. The molecule has 1 unspecified atom stereocenters. The van der Waals surface area contributed by atoms with E-state index >= 15 is 0 Å². The van der Waals surface area contributed by atoms with Crippen LogP contribution in [0.5, 0.6) is 0 Å². The van der Waals surface area contributed by atoms with Gasteiger partial charge < -0.3 is 5.11 Å². The van der Waals surface area contributed by atoms with Crippen molar-refractivity contribution < 1.29 is 9.90 Å². The molecule has 1 N–H and O–H groups in total. The first-order valence-electron chi connectivity index (χ1n) is 8.20. The second-order valence-electron chi connectivity index (χ2n) is 6.31. The number of benzene rings is 1. The van der Waals surface area contributed by atoms with Gasteiger partial charge in [0, 0.05) is 10.2 Å². The lowest BCUT2D eigenvalue weighted by Crippen LogP contribution is -2.39. The molecular formula is C19H21BrN2O2. The molecular weight excluding hydrogens is 368 g/mol. The Bertz CT molecular complexity index is 710. The number of halogens is 1. The monoisotopic (exact) mass is 388 g/mol. The van der Waals surface area contributed by atoms with Crippen LogP contribution in [-0.4, -0.2) is 34.0 Å². The summed E-state index contributed by atoms with van der Waals surface area (Å²) in [6.45, 7) is 3.54. The van der Waals surface area contributed by atoms with Crippen molar-refractivity contribution in [3.05, 3.63) is 63.9 Å². The van der Waals surface area contributed by atoms with Gasteiger partial charge in [0.2, 0.25) is 0 Å². The minimum atomic E-state index is -0.677. The van der Waals surface area contributed by atoms with E-state index in [0.717, 1.165) is 29.0 Å². The number of nitrogens with zero attached hydrogens (tertiary/aromatic N) is 2. The SMILES string of the molecule is Cc1cccc(C(c2ccc(Br)cc2)N2CCC(C(=O)O)CC2)n1. The molecule has 1 atom stereocenters. The van der Waals surface area contributed by atoms with E-state index in [1.165, 1.54) is 5.56 Å². The smallest absolute Gasteiger partial charge is 0.306 e. The van der Waals surface area contributed by atoms with E-state index in [1.54, 1.807) is 0 Å². The van der Waals surface area contributed by atoms with Crippen LogP contribution in [0.3, 0.4) is 0 Å². The van der Waals surface area contributed by atoms with E-state index in [0.29, 0.717) is 12.8 Å². The molecule has 1 saturated heterocycles. The lowest BCUT2D eigenvalue weighted by molar-refractivity contribution is -0.143. The number of carboxylic acid groups (broad SMARTS) is 1. The Balaban J connectivity index is 1.91. The quantitative estimate of drug-likeness (QED) is 0.858. The summed E-state index contributed by atoms with van der Waals surface area (Å²) in [5.41, 5.74) is 3.20. The lowest BCUT2D eigenvalue weighted by atomic mass is 9.93. The van der Waals surface area contributed by atoms with Gasteiger partial charge >= 0.3 is 5.97 Å². The van der Waals surface area contributed by atoms with Crippen molar-refractivity contribution >= 4 is 21.9 Å². The highest BCUT2D eigenvalue weighted by molar-refractivity contribution is 9.10. The molecule has 2 heterocycles. The Morgan fingerprint density at radius 1 is 1.21 bits per heavy atom. The van der Waals surface area contributed by atoms with Crippen molar-refractivity contribution in [2.45, 2.75) is 25.8 Å². The number of carboxylic acids is 1. The molecule has 1 aliphatic rings. The highest BCUT2D eigenvalue weighted by Crippen LogP contribution is 2.32. The van der Waals surface area contributed by atoms with Crippen molar-refractivity contribution in [1.29, 1.82) is 0 Å². The molecule has 2 aromatic rings. The number of rotatable bonds is 4. The van der Waals surface area contributed by atoms with Gasteiger partial charge in [-0.15, -0.1) is 0 Å². The summed E-state index contributed by atoms with van der Waals surface area (Å²) in [5.74, 6) is -0.902. The number of aliphatic carboxylic acids is 1. The van der Waals surface area contributed by atoms with E-state index in [-0.39, 0.29) is 12.0 Å². The van der Waals surface area contributed by atoms with Crippen LogP contribution in [0, 0.1) is 12.8 Å². The average Bonchev–Trinajstić information content (AvgIpc) is 2.57. The molecule has 4 nitrogen and oxygen atoms in total. The fourth-order valence-electron chi connectivity index (χ4n) is 3.33. The Kier molecular flexibility index (Phi) is 5.31. The fourth-order valence-corrected chi connectivity index (χ4v) is 3.60. The van der Waals surface area contributed by atoms with Gasteiger partial charge in [-0.1, -0.05) is 34.1 Å². The summed E-state index contributed by atoms with van der Waals surface area (Å²) in [6.07, 6.45) is 1.38. The topological polar surface area (TPSA) is 53.4 Å². The minimum absolute atomic E-state index is 0.0627. The lowest BCUT2D eigenvalue weighted by Gasteiger charge is -2.36. The van der Waals surface area contributed by atoms with Crippen molar-refractivity contribution in [1.82, 2.24) is 9.88 Å². The number of hydrogen-bond donors (Lipinski definition) is 1. The van der Waals surface area contributed by atoms with E-state index < -0.39 is 5.97 Å². The van der Waals surface area contributed by atoms with Gasteiger partial charge in [-0.2, -0.15) is 0 Å². The standard InChI is InChI=1S/C19H21BrN2O2/c1-13-3-2-4-17(21-13)18(14-5-7-16(20)8-6-14)22-11-9-15(10-12-22)19(23)24/h2-8,15,18H,9-12H2,1H3,(H,23,24). The summed E-state index contributed by atoms with van der Waals surface area (Å²) >= 11 is 3.49. The third kappa shape index (κ3) is 3.84. The Labute approximate surface area is 150 Å². The molecule has 1 aromatic carbocycles. The maximum absolute atomic E-state index is 11.2. The summed E-state index contributed by atoms with van der Waals surface area (Å²) in [7, 11) is 0. The van der Waals surface area contributed by atoms with E-state index in [9.17, 15) is 9.90 Å². The van der Waals surface area contributed by atoms with Gasteiger partial charge in [-0.3, -0.25) is 14.7 Å². The number of piperidine rings is 1. The molecule has 0 bridgehead atoms. The van der Waals surface area contributed by atoms with Crippen LogP contribution < -0.4 is 0 Å². The van der Waals surface area contributed by atoms with Crippen LogP contribution in [0.25, 0.3) is 0 Å². The zero-order valence-electron chi connectivity index (χ0n) is 13.7. The van der Waals surface area contributed by atoms with Gasteiger partial charge in [0.1, 0.15) is 0 Å². The van der Waals surface area contributed by atoms with E-state index in [2.05, 4.69) is 39.0 Å². The molecule has 0 aliphatic carbocycles. The molecule has 1 aliphatic heterocycles. The molecule has 3 rings (SSSR count). The summed E-state index contributed by atoms with van der Waals surface area (Å²) in [6, 6.07) is 14.5. The third-order valence-corrected chi connectivity index (χ3v) is 5.15. The van der Waals surface area contributed by atoms with Crippen molar-refractivity contribution in [3.63, 3.8) is 0 Å². The van der Waals surface area contributed by atoms with Crippen molar-refractivity contribution in [3.8, 4) is 0 Å². The van der Waals surface area contributed by atoms with Crippen molar-refractivity contribution in [2.75, 3.05) is 13.1 Å². The molecule has 0 radical (unpaired) electrons. The van der Waals surface area contributed by atoms with Crippen LogP contribution >= 0.6 is 15.9 Å². The normalized spacial score (nSPS) is 17.6. The Morgan fingerprint density at radius 2 is 1.88 bits per heavy atom. The highest BCUT2D eigenvalue weighted by Gasteiger charge is 2.30. The fraction of sp³-hybridized carbons (Fsp3) is 0.368. The Morgan fingerprint density at radius 3 is 2.46 bits per heavy atom. The van der Waals surface area contributed by atoms with Crippen LogP contribution in [0.4, 0.5) is 0 Å². The number of aromatic nitrogens is 1. The molecule has 0 saturated carbocycles. The second kappa shape index (κ2) is 7.45. The van der Waals surface area contributed by atoms with Crippen LogP contribution in [0.2, 0.25) is 0 Å². The number of carbonyl (C=O) groups is 1. The van der Waals surface area contributed by atoms with E-state index in [1.807, 2.05) is 31.2 Å². The van der Waals surface area contributed by atoms with E-state index in [4.69, 9.17) is 4.98 Å². The maximum atomic E-state index is 11.2. The van der Waals surface area contributed by atoms with Crippen LogP contribution in [0.15, 0.2) is 46.9 Å². The first-order valence-corrected chi connectivity index (χ1v) is 9.00. The second-order valence-corrected chi connectivity index (χ2v) is 7.22. The molecule has 24 heavy (non-hydrogen) atoms. The zero-order chi connectivity index (χ0) is 17.1. The average molecular weight is 389 g/mol. The first kappa shape index (κ1) is 17.1. The summed E-state index contributed by atoms with van der Waals surface area (Å²) < 4.78 is 1.05. The minimum Gasteiger partial charge on any atom is -0.481 e. The van der Waals surface area contributed by atoms with Crippen LogP contribution in [-0.2, 0) is 4.79 Å². The molecule has 0 amide bonds. The predicted molar refractivity (Wildman–Crippen MR) is 96.9 cm³/mol. The molecule has 1 aromatic heterocycles. The van der Waals surface area contributed by atoms with Gasteiger partial charge in [-0.25, -0.2) is 0 Å². The summed E-state index contributed by atoms with van der Waals surface area (Å²) in [5, 5.41) is 9.23.